The second-order valence-corrected chi connectivity index (χ2v) is 2.37. The predicted molar refractivity (Wildman–Crippen MR) is 42.8 cm³/mol. The van der Waals surface area contributed by atoms with Crippen LogP contribution in [0.4, 0.5) is 0 Å². The smallest absolute Gasteiger partial charge is 0.0621 e. The lowest BCUT2D eigenvalue weighted by molar-refractivity contribution is 0.848. The van der Waals surface area contributed by atoms with E-state index < -0.39 is 0 Å². The first-order valence-corrected chi connectivity index (χ1v) is 3.69. The predicted octanol–water partition coefficient (Wildman–Crippen LogP) is 1.93. The molecular weight excluding hydrogens is 136 g/mol. The number of rotatable bonds is 3. The summed E-state index contributed by atoms with van der Waals surface area (Å²) in [5.41, 5.74) is 1.26. The van der Waals surface area contributed by atoms with E-state index in [0.717, 1.165) is 12.8 Å². The molecule has 1 aromatic heterocycles. The van der Waals surface area contributed by atoms with Gasteiger partial charge in [0.15, 0.2) is 0 Å². The molecule has 1 heterocycles. The number of unbranched alkanes of at least 4 members (excludes halogenated alkanes) is 1. The molecule has 0 aromatic carbocycles. The lowest BCUT2D eigenvalue weighted by Crippen LogP contribution is -1.83. The summed E-state index contributed by atoms with van der Waals surface area (Å²) in [6.07, 6.45) is 6.13. The minimum absolute atomic E-state index is 0.641. The Bertz CT molecular complexity index is 235. The van der Waals surface area contributed by atoms with E-state index in [2.05, 4.69) is 11.1 Å². The first-order chi connectivity index (χ1) is 5.43. The molecule has 2 heteroatoms. The summed E-state index contributed by atoms with van der Waals surface area (Å²) < 4.78 is 0. The summed E-state index contributed by atoms with van der Waals surface area (Å²) >= 11 is 0. The third-order valence-corrected chi connectivity index (χ3v) is 1.50. The number of nitrogens with zero attached hydrogens (tertiary/aromatic N) is 2. The van der Waals surface area contributed by atoms with Gasteiger partial charge in [0.1, 0.15) is 0 Å². The van der Waals surface area contributed by atoms with Crippen molar-refractivity contribution in [2.75, 3.05) is 0 Å². The van der Waals surface area contributed by atoms with E-state index in [9.17, 15) is 0 Å². The Balaban J connectivity index is 2.35. The molecule has 0 spiro atoms. The molecule has 1 rings (SSSR count). The van der Waals surface area contributed by atoms with Gasteiger partial charge >= 0.3 is 0 Å². The van der Waals surface area contributed by atoms with Crippen molar-refractivity contribution in [3.63, 3.8) is 0 Å². The van der Waals surface area contributed by atoms with E-state index in [1.54, 1.807) is 12.4 Å². The van der Waals surface area contributed by atoms with Crippen LogP contribution in [-0.4, -0.2) is 4.98 Å². The molecule has 0 radical (unpaired) electrons. The van der Waals surface area contributed by atoms with Crippen LogP contribution < -0.4 is 0 Å². The largest absolute Gasteiger partial charge is 0.265 e. The summed E-state index contributed by atoms with van der Waals surface area (Å²) in [6, 6.07) is 6.09. The van der Waals surface area contributed by atoms with Crippen LogP contribution in [0.3, 0.4) is 0 Å². The topological polar surface area (TPSA) is 36.7 Å². The van der Waals surface area contributed by atoms with Crippen LogP contribution in [0, 0.1) is 11.3 Å². The molecule has 0 aliphatic heterocycles. The Kier molecular flexibility index (Phi) is 3.14. The first kappa shape index (κ1) is 7.74. The van der Waals surface area contributed by atoms with Crippen LogP contribution in [-0.2, 0) is 6.42 Å². The van der Waals surface area contributed by atoms with Gasteiger partial charge in [-0.2, -0.15) is 5.26 Å². The quantitative estimate of drug-likeness (QED) is 0.611. The molecule has 0 amide bonds. The van der Waals surface area contributed by atoms with Gasteiger partial charge in [0.25, 0.3) is 0 Å². The van der Waals surface area contributed by atoms with Gasteiger partial charge in [-0.15, -0.1) is 0 Å². The highest BCUT2D eigenvalue weighted by molar-refractivity contribution is 5.09. The number of aryl methyl sites for hydroxylation is 1. The van der Waals surface area contributed by atoms with Crippen molar-refractivity contribution in [1.29, 1.82) is 5.26 Å². The number of hydrogen-bond acceptors (Lipinski definition) is 2. The maximum atomic E-state index is 8.28. The molecular formula is C9H10N2. The summed E-state index contributed by atoms with van der Waals surface area (Å²) in [4.78, 5) is 3.91. The third kappa shape index (κ3) is 2.81. The van der Waals surface area contributed by atoms with E-state index in [1.165, 1.54) is 5.56 Å². The standard InChI is InChI=1S/C9H10N2/c10-6-2-1-3-9-4-7-11-8-5-9/h4-5,7-8H,1-3H2. The zero-order valence-electron chi connectivity index (χ0n) is 6.33. The SMILES string of the molecule is N#CCCCc1ccncc1. The second kappa shape index (κ2) is 4.45. The molecule has 0 saturated heterocycles. The van der Waals surface area contributed by atoms with Gasteiger partial charge in [-0.1, -0.05) is 0 Å². The lowest BCUT2D eigenvalue weighted by Gasteiger charge is -1.95. The summed E-state index contributed by atoms with van der Waals surface area (Å²) in [6.45, 7) is 0. The van der Waals surface area contributed by atoms with Gasteiger partial charge in [-0.05, 0) is 30.5 Å². The average Bonchev–Trinajstić information content (AvgIpc) is 2.07. The number of aromatic nitrogens is 1. The van der Waals surface area contributed by atoms with Crippen molar-refractivity contribution in [3.8, 4) is 6.07 Å². The molecule has 2 nitrogen and oxygen atoms in total. The lowest BCUT2D eigenvalue weighted by atomic mass is 10.1. The van der Waals surface area contributed by atoms with Crippen molar-refractivity contribution in [2.24, 2.45) is 0 Å². The zero-order valence-corrected chi connectivity index (χ0v) is 6.33. The fraction of sp³-hybridized carbons (Fsp3) is 0.333. The van der Waals surface area contributed by atoms with Crippen molar-refractivity contribution >= 4 is 0 Å². The highest BCUT2D eigenvalue weighted by Gasteiger charge is 1.89. The van der Waals surface area contributed by atoms with Gasteiger partial charge < -0.3 is 0 Å². The van der Waals surface area contributed by atoms with E-state index in [-0.39, 0.29) is 0 Å². The number of nitriles is 1. The second-order valence-electron chi connectivity index (χ2n) is 2.37. The van der Waals surface area contributed by atoms with E-state index in [4.69, 9.17) is 5.26 Å². The molecule has 0 aliphatic rings. The Hall–Kier alpha value is -1.36. The molecule has 0 bridgehead atoms. The highest BCUT2D eigenvalue weighted by Crippen LogP contribution is 2.01. The van der Waals surface area contributed by atoms with Crippen LogP contribution in [0.5, 0.6) is 0 Å². The van der Waals surface area contributed by atoms with Gasteiger partial charge in [-0.25, -0.2) is 0 Å². The van der Waals surface area contributed by atoms with Gasteiger partial charge in [0, 0.05) is 18.8 Å². The Morgan fingerprint density at radius 3 is 2.73 bits per heavy atom. The fourth-order valence-electron chi connectivity index (χ4n) is 0.921. The fourth-order valence-corrected chi connectivity index (χ4v) is 0.921. The summed E-state index contributed by atoms with van der Waals surface area (Å²) in [5.74, 6) is 0. The Morgan fingerprint density at radius 2 is 2.09 bits per heavy atom. The van der Waals surface area contributed by atoms with Gasteiger partial charge in [0.05, 0.1) is 6.07 Å². The van der Waals surface area contributed by atoms with Crippen molar-refractivity contribution < 1.29 is 0 Å². The van der Waals surface area contributed by atoms with Crippen LogP contribution >= 0.6 is 0 Å². The Morgan fingerprint density at radius 1 is 1.36 bits per heavy atom. The minimum atomic E-state index is 0.641. The maximum Gasteiger partial charge on any atom is 0.0621 e. The molecule has 1 aromatic rings. The minimum Gasteiger partial charge on any atom is -0.265 e. The van der Waals surface area contributed by atoms with Crippen LogP contribution in [0.1, 0.15) is 18.4 Å². The molecule has 11 heavy (non-hydrogen) atoms. The number of pyridine rings is 1. The van der Waals surface area contributed by atoms with Crippen molar-refractivity contribution in [1.82, 2.24) is 4.98 Å². The zero-order chi connectivity index (χ0) is 7.94. The molecule has 0 aliphatic carbocycles. The van der Waals surface area contributed by atoms with Gasteiger partial charge in [-0.3, -0.25) is 4.98 Å². The van der Waals surface area contributed by atoms with E-state index in [0.29, 0.717) is 6.42 Å². The molecule has 0 N–H and O–H groups in total. The molecule has 56 valence electrons. The third-order valence-electron chi connectivity index (χ3n) is 1.50. The average molecular weight is 146 g/mol. The maximum absolute atomic E-state index is 8.28. The van der Waals surface area contributed by atoms with Crippen molar-refractivity contribution in [2.45, 2.75) is 19.3 Å². The number of hydrogen-bond donors (Lipinski definition) is 0. The highest BCUT2D eigenvalue weighted by atomic mass is 14.6. The molecule has 0 fully saturated rings. The van der Waals surface area contributed by atoms with Crippen LogP contribution in [0.25, 0.3) is 0 Å². The van der Waals surface area contributed by atoms with Crippen LogP contribution in [0.2, 0.25) is 0 Å². The monoisotopic (exact) mass is 146 g/mol. The van der Waals surface area contributed by atoms with Crippen molar-refractivity contribution in [3.05, 3.63) is 30.1 Å². The summed E-state index contributed by atoms with van der Waals surface area (Å²) in [5, 5.41) is 8.28. The van der Waals surface area contributed by atoms with Gasteiger partial charge in [0.2, 0.25) is 0 Å². The van der Waals surface area contributed by atoms with Crippen LogP contribution in [0.15, 0.2) is 24.5 Å². The Labute approximate surface area is 66.5 Å². The normalized spacial score (nSPS) is 9.00. The first-order valence-electron chi connectivity index (χ1n) is 3.69. The molecule has 0 saturated carbocycles. The molecule has 0 atom stereocenters. The van der Waals surface area contributed by atoms with E-state index in [1.807, 2.05) is 12.1 Å². The summed E-state index contributed by atoms with van der Waals surface area (Å²) in [7, 11) is 0. The van der Waals surface area contributed by atoms with E-state index >= 15 is 0 Å². The molecule has 0 unspecified atom stereocenters.